The number of anilines is 1. The third-order valence-corrected chi connectivity index (χ3v) is 4.04. The Labute approximate surface area is 130 Å². The number of likely N-dealkylation sites (tertiary alicyclic amines) is 1. The molecule has 1 atom stereocenters. The lowest BCUT2D eigenvalue weighted by molar-refractivity contribution is 0.294. The smallest absolute Gasteiger partial charge is 0.134 e. The molecule has 0 spiro atoms. The molecule has 2 heterocycles. The summed E-state index contributed by atoms with van der Waals surface area (Å²) in [6.07, 6.45) is 2.72. The molecule has 0 saturated carbocycles. The summed E-state index contributed by atoms with van der Waals surface area (Å²) in [5.41, 5.74) is 0. The average molecular weight is 341 g/mol. The summed E-state index contributed by atoms with van der Waals surface area (Å²) in [6, 6.07) is 1.95. The third-order valence-electron chi connectivity index (χ3n) is 3.63. The molecular formula is C15H25BrN4. The first kappa shape index (κ1) is 15.7. The van der Waals surface area contributed by atoms with E-state index in [1.54, 1.807) is 0 Å². The molecule has 0 aromatic carbocycles. The van der Waals surface area contributed by atoms with Crippen molar-refractivity contribution in [2.24, 2.45) is 5.92 Å². The fraction of sp³-hybridized carbons (Fsp3) is 0.733. The Morgan fingerprint density at radius 1 is 1.25 bits per heavy atom. The summed E-state index contributed by atoms with van der Waals surface area (Å²) in [7, 11) is 0. The number of hydrogen-bond acceptors (Lipinski definition) is 4. The second-order valence-electron chi connectivity index (χ2n) is 6.08. The van der Waals surface area contributed by atoms with Gasteiger partial charge in [0.25, 0.3) is 0 Å². The summed E-state index contributed by atoms with van der Waals surface area (Å²) in [6.45, 7) is 11.2. The number of nitrogens with zero attached hydrogens (tertiary/aromatic N) is 3. The Hall–Kier alpha value is -0.680. The standard InChI is InChI=1S/C15H25BrN4/c1-11(2)15-18-13(16)8-14(19-15)17-9-12(3)10-20-6-4-5-7-20/h8,11-12H,4-7,9-10H2,1-3H3,(H,17,18,19). The molecule has 0 bridgehead atoms. The first-order valence-electron chi connectivity index (χ1n) is 7.55. The molecule has 5 heteroatoms. The predicted octanol–water partition coefficient (Wildman–Crippen LogP) is 3.51. The molecule has 0 radical (unpaired) electrons. The van der Waals surface area contributed by atoms with E-state index in [2.05, 4.69) is 56.9 Å². The number of hydrogen-bond donors (Lipinski definition) is 1. The molecule has 4 nitrogen and oxygen atoms in total. The minimum absolute atomic E-state index is 0.343. The molecule has 1 aliphatic heterocycles. The number of nitrogens with one attached hydrogen (secondary N) is 1. The van der Waals surface area contributed by atoms with Crippen LogP contribution in [0, 0.1) is 5.92 Å². The maximum Gasteiger partial charge on any atom is 0.134 e. The maximum absolute atomic E-state index is 4.57. The highest BCUT2D eigenvalue weighted by atomic mass is 79.9. The molecule has 0 amide bonds. The quantitative estimate of drug-likeness (QED) is 0.804. The minimum atomic E-state index is 0.343. The SMILES string of the molecule is CC(CNc1cc(Br)nc(C(C)C)n1)CN1CCCC1. The van der Waals surface area contributed by atoms with Gasteiger partial charge in [-0.2, -0.15) is 0 Å². The van der Waals surface area contributed by atoms with Crippen LogP contribution in [0.1, 0.15) is 45.4 Å². The van der Waals surface area contributed by atoms with Gasteiger partial charge in [-0.1, -0.05) is 20.8 Å². The lowest BCUT2D eigenvalue weighted by Gasteiger charge is -2.20. The van der Waals surface area contributed by atoms with E-state index in [1.165, 1.54) is 32.5 Å². The molecule has 2 rings (SSSR count). The van der Waals surface area contributed by atoms with Crippen LogP contribution in [0.15, 0.2) is 10.7 Å². The molecule has 112 valence electrons. The van der Waals surface area contributed by atoms with Crippen LogP contribution in [0.25, 0.3) is 0 Å². The normalized spacial score (nSPS) is 17.6. The largest absolute Gasteiger partial charge is 0.370 e. The van der Waals surface area contributed by atoms with E-state index in [-0.39, 0.29) is 0 Å². The van der Waals surface area contributed by atoms with Crippen molar-refractivity contribution in [1.29, 1.82) is 0 Å². The van der Waals surface area contributed by atoms with Gasteiger partial charge >= 0.3 is 0 Å². The predicted molar refractivity (Wildman–Crippen MR) is 87.1 cm³/mol. The molecule has 1 fully saturated rings. The van der Waals surface area contributed by atoms with Crippen molar-refractivity contribution in [3.05, 3.63) is 16.5 Å². The summed E-state index contributed by atoms with van der Waals surface area (Å²) in [5, 5.41) is 3.45. The zero-order valence-electron chi connectivity index (χ0n) is 12.7. The molecule has 1 saturated heterocycles. The van der Waals surface area contributed by atoms with Crippen LogP contribution in [-0.2, 0) is 0 Å². The average Bonchev–Trinajstić information content (AvgIpc) is 2.88. The van der Waals surface area contributed by atoms with Crippen LogP contribution in [0.4, 0.5) is 5.82 Å². The van der Waals surface area contributed by atoms with Crippen molar-refractivity contribution in [3.8, 4) is 0 Å². The van der Waals surface area contributed by atoms with Crippen molar-refractivity contribution >= 4 is 21.7 Å². The van der Waals surface area contributed by atoms with Gasteiger partial charge in [-0.15, -0.1) is 0 Å². The Morgan fingerprint density at radius 3 is 2.60 bits per heavy atom. The highest BCUT2D eigenvalue weighted by molar-refractivity contribution is 9.10. The molecular weight excluding hydrogens is 316 g/mol. The summed E-state index contributed by atoms with van der Waals surface area (Å²) in [4.78, 5) is 11.5. The van der Waals surface area contributed by atoms with Gasteiger partial charge in [0.2, 0.25) is 0 Å². The molecule has 1 N–H and O–H groups in total. The van der Waals surface area contributed by atoms with Crippen LogP contribution in [0.2, 0.25) is 0 Å². The van der Waals surface area contributed by atoms with Gasteiger partial charge in [0.15, 0.2) is 0 Å². The Morgan fingerprint density at radius 2 is 1.95 bits per heavy atom. The maximum atomic E-state index is 4.57. The Balaban J connectivity index is 1.86. The van der Waals surface area contributed by atoms with Gasteiger partial charge in [0.1, 0.15) is 16.2 Å². The van der Waals surface area contributed by atoms with Gasteiger partial charge in [0.05, 0.1) is 0 Å². The first-order chi connectivity index (χ1) is 9.54. The number of rotatable bonds is 6. The lowest BCUT2D eigenvalue weighted by Crippen LogP contribution is -2.29. The summed E-state index contributed by atoms with van der Waals surface area (Å²) in [5.74, 6) is 2.78. The molecule has 1 aromatic heterocycles. The second-order valence-corrected chi connectivity index (χ2v) is 6.90. The second kappa shape index (κ2) is 7.36. The van der Waals surface area contributed by atoms with Crippen LogP contribution in [0.5, 0.6) is 0 Å². The first-order valence-corrected chi connectivity index (χ1v) is 8.34. The van der Waals surface area contributed by atoms with Crippen molar-refractivity contribution < 1.29 is 0 Å². The Bertz CT molecular complexity index is 430. The van der Waals surface area contributed by atoms with Gasteiger partial charge in [-0.05, 0) is 47.8 Å². The van der Waals surface area contributed by atoms with E-state index in [4.69, 9.17) is 0 Å². The summed E-state index contributed by atoms with van der Waals surface area (Å²) >= 11 is 3.46. The van der Waals surface area contributed by atoms with Crippen LogP contribution in [-0.4, -0.2) is 41.0 Å². The minimum Gasteiger partial charge on any atom is -0.370 e. The van der Waals surface area contributed by atoms with E-state index >= 15 is 0 Å². The third kappa shape index (κ3) is 4.70. The summed E-state index contributed by atoms with van der Waals surface area (Å²) < 4.78 is 0.853. The topological polar surface area (TPSA) is 41.1 Å². The van der Waals surface area contributed by atoms with Crippen molar-refractivity contribution in [2.45, 2.75) is 39.5 Å². The van der Waals surface area contributed by atoms with Gasteiger partial charge in [-0.3, -0.25) is 0 Å². The number of aromatic nitrogens is 2. The molecule has 1 aromatic rings. The van der Waals surface area contributed by atoms with Crippen LogP contribution < -0.4 is 5.32 Å². The fourth-order valence-electron chi connectivity index (χ4n) is 2.53. The van der Waals surface area contributed by atoms with Crippen LogP contribution in [0.3, 0.4) is 0 Å². The monoisotopic (exact) mass is 340 g/mol. The van der Waals surface area contributed by atoms with E-state index in [9.17, 15) is 0 Å². The highest BCUT2D eigenvalue weighted by Gasteiger charge is 2.15. The lowest BCUT2D eigenvalue weighted by atomic mass is 10.1. The number of halogens is 1. The molecule has 20 heavy (non-hydrogen) atoms. The van der Waals surface area contributed by atoms with E-state index in [1.807, 2.05) is 6.07 Å². The zero-order chi connectivity index (χ0) is 14.5. The molecule has 1 unspecified atom stereocenters. The van der Waals surface area contributed by atoms with Crippen molar-refractivity contribution in [1.82, 2.24) is 14.9 Å². The molecule has 1 aliphatic rings. The van der Waals surface area contributed by atoms with E-state index < -0.39 is 0 Å². The Kier molecular flexibility index (Phi) is 5.78. The zero-order valence-corrected chi connectivity index (χ0v) is 14.3. The van der Waals surface area contributed by atoms with E-state index in [0.29, 0.717) is 11.8 Å². The fourth-order valence-corrected chi connectivity index (χ4v) is 2.93. The van der Waals surface area contributed by atoms with Crippen molar-refractivity contribution in [2.75, 3.05) is 31.5 Å². The highest BCUT2D eigenvalue weighted by Crippen LogP contribution is 2.18. The van der Waals surface area contributed by atoms with Crippen molar-refractivity contribution in [3.63, 3.8) is 0 Å². The van der Waals surface area contributed by atoms with Gasteiger partial charge < -0.3 is 10.2 Å². The van der Waals surface area contributed by atoms with E-state index in [0.717, 1.165) is 22.8 Å². The molecule has 0 aliphatic carbocycles. The van der Waals surface area contributed by atoms with Crippen LogP contribution >= 0.6 is 15.9 Å². The van der Waals surface area contributed by atoms with Gasteiger partial charge in [-0.25, -0.2) is 9.97 Å². The van der Waals surface area contributed by atoms with Gasteiger partial charge in [0, 0.05) is 25.1 Å².